The van der Waals surface area contributed by atoms with Crippen molar-refractivity contribution in [3.8, 4) is 0 Å². The fraction of sp³-hybridized carbons (Fsp3) is 0.240. The van der Waals surface area contributed by atoms with E-state index in [2.05, 4.69) is 5.32 Å². The van der Waals surface area contributed by atoms with E-state index in [4.69, 9.17) is 23.2 Å². The van der Waals surface area contributed by atoms with Gasteiger partial charge in [-0.05, 0) is 46.9 Å². The molecular weight excluding hydrogens is 555 g/mol. The van der Waals surface area contributed by atoms with E-state index in [0.717, 1.165) is 12.1 Å². The van der Waals surface area contributed by atoms with Crippen LogP contribution in [0.15, 0.2) is 54.6 Å². The van der Waals surface area contributed by atoms with Crippen LogP contribution in [0.5, 0.6) is 0 Å². The van der Waals surface area contributed by atoms with E-state index >= 15 is 0 Å². The van der Waals surface area contributed by atoms with Crippen LogP contribution in [0.3, 0.4) is 0 Å². The number of nitrogens with one attached hydrogen (secondary N) is 1. The number of carbonyl (C=O) groups is 1. The number of nitrogens with zero attached hydrogens (tertiary/aromatic N) is 1. The normalized spacial score (nSPS) is 14.3. The van der Waals surface area contributed by atoms with E-state index in [9.17, 15) is 30.8 Å². The molecule has 0 fully saturated rings. The van der Waals surface area contributed by atoms with Gasteiger partial charge in [-0.25, -0.2) is 12.8 Å². The second-order valence-electron chi connectivity index (χ2n) is 8.49. The molecule has 3 aromatic rings. The SMILES string of the molecule is O=C(Cc1cccc(C(F)(F)F)c1F)Nc1c(Cl)ccc2c1CCN(S(=O)(=O)Cc1ccccc1Cl)C2. The Morgan fingerprint density at radius 1 is 0.973 bits per heavy atom. The van der Waals surface area contributed by atoms with Gasteiger partial charge in [-0.1, -0.05) is 59.6 Å². The molecule has 0 saturated carbocycles. The molecule has 1 amide bonds. The second kappa shape index (κ2) is 10.6. The Bertz CT molecular complexity index is 1460. The van der Waals surface area contributed by atoms with Crippen molar-refractivity contribution in [3.05, 3.63) is 98.3 Å². The lowest BCUT2D eigenvalue weighted by Crippen LogP contribution is -2.37. The van der Waals surface area contributed by atoms with E-state index in [1.807, 2.05) is 0 Å². The number of anilines is 1. The molecule has 196 valence electrons. The molecule has 0 atom stereocenters. The fourth-order valence-electron chi connectivity index (χ4n) is 4.17. The summed E-state index contributed by atoms with van der Waals surface area (Å²) < 4.78 is 80.7. The van der Waals surface area contributed by atoms with Gasteiger partial charge in [0.05, 0.1) is 28.4 Å². The van der Waals surface area contributed by atoms with Crippen LogP contribution >= 0.6 is 23.2 Å². The first-order valence-corrected chi connectivity index (χ1v) is 13.4. The number of halogens is 6. The monoisotopic (exact) mass is 574 g/mol. The van der Waals surface area contributed by atoms with Crippen LogP contribution in [0, 0.1) is 5.82 Å². The third-order valence-electron chi connectivity index (χ3n) is 6.01. The lowest BCUT2D eigenvalue weighted by atomic mass is 9.98. The number of rotatable bonds is 6. The Morgan fingerprint density at radius 2 is 1.68 bits per heavy atom. The first-order chi connectivity index (χ1) is 17.4. The number of carbonyl (C=O) groups excluding carboxylic acids is 1. The van der Waals surface area contributed by atoms with Crippen molar-refractivity contribution in [2.24, 2.45) is 0 Å². The summed E-state index contributed by atoms with van der Waals surface area (Å²) in [7, 11) is -3.71. The molecule has 4 rings (SSSR count). The van der Waals surface area contributed by atoms with Gasteiger partial charge < -0.3 is 5.32 Å². The van der Waals surface area contributed by atoms with Gasteiger partial charge in [-0.2, -0.15) is 17.5 Å². The summed E-state index contributed by atoms with van der Waals surface area (Å²) in [5.41, 5.74) is 0.0464. The largest absolute Gasteiger partial charge is 0.419 e. The third-order valence-corrected chi connectivity index (χ3v) is 8.46. The Hall–Kier alpha value is -2.66. The first kappa shape index (κ1) is 27.4. The maximum Gasteiger partial charge on any atom is 0.419 e. The summed E-state index contributed by atoms with van der Waals surface area (Å²) >= 11 is 12.4. The number of benzene rings is 3. The topological polar surface area (TPSA) is 66.5 Å². The molecule has 3 aromatic carbocycles. The van der Waals surface area contributed by atoms with Crippen molar-refractivity contribution in [1.82, 2.24) is 4.31 Å². The predicted octanol–water partition coefficient (Wildman–Crippen LogP) is 6.22. The first-order valence-electron chi connectivity index (χ1n) is 11.0. The Balaban J connectivity index is 1.52. The Kier molecular flexibility index (Phi) is 7.85. The van der Waals surface area contributed by atoms with Gasteiger partial charge >= 0.3 is 6.18 Å². The molecule has 0 radical (unpaired) electrons. The maximum atomic E-state index is 14.4. The smallest absolute Gasteiger partial charge is 0.324 e. The van der Waals surface area contributed by atoms with Crippen LogP contribution in [-0.4, -0.2) is 25.2 Å². The quantitative estimate of drug-likeness (QED) is 0.355. The van der Waals surface area contributed by atoms with Gasteiger partial charge in [-0.3, -0.25) is 4.79 Å². The van der Waals surface area contributed by atoms with Gasteiger partial charge in [0.25, 0.3) is 0 Å². The van der Waals surface area contributed by atoms with E-state index < -0.39 is 45.5 Å². The lowest BCUT2D eigenvalue weighted by Gasteiger charge is -2.30. The van der Waals surface area contributed by atoms with Gasteiger partial charge in [-0.15, -0.1) is 0 Å². The van der Waals surface area contributed by atoms with Gasteiger partial charge in [0.1, 0.15) is 5.82 Å². The van der Waals surface area contributed by atoms with Crippen LogP contribution in [0.25, 0.3) is 0 Å². The lowest BCUT2D eigenvalue weighted by molar-refractivity contribution is -0.140. The molecule has 12 heteroatoms. The zero-order valence-corrected chi connectivity index (χ0v) is 21.4. The average Bonchev–Trinajstić information content (AvgIpc) is 2.82. The standard InChI is InChI=1S/C25H20Cl2F4N2O3S/c26-20-7-2-1-4-17(20)14-37(35,36)33-11-10-18-16(13-33)8-9-21(27)24(18)32-22(34)12-15-5-3-6-19(23(15)28)25(29,30)31/h1-9H,10-14H2,(H,32,34). The van der Waals surface area contributed by atoms with E-state index in [0.29, 0.717) is 27.8 Å². The summed E-state index contributed by atoms with van der Waals surface area (Å²) in [4.78, 5) is 12.7. The highest BCUT2D eigenvalue weighted by molar-refractivity contribution is 7.88. The molecule has 1 heterocycles. The van der Waals surface area contributed by atoms with E-state index in [1.54, 1.807) is 30.3 Å². The highest BCUT2D eigenvalue weighted by Crippen LogP contribution is 2.35. The van der Waals surface area contributed by atoms with Crippen LogP contribution in [0.4, 0.5) is 23.2 Å². The predicted molar refractivity (Wildman–Crippen MR) is 133 cm³/mol. The van der Waals surface area contributed by atoms with Gasteiger partial charge in [0, 0.05) is 18.1 Å². The maximum absolute atomic E-state index is 14.4. The molecule has 1 aliphatic heterocycles. The minimum atomic E-state index is -4.89. The summed E-state index contributed by atoms with van der Waals surface area (Å²) in [5, 5.41) is 3.08. The number of sulfonamides is 1. The van der Waals surface area contributed by atoms with Crippen LogP contribution in [-0.2, 0) is 46.1 Å². The number of amides is 1. The summed E-state index contributed by atoms with van der Waals surface area (Å²) in [5.74, 6) is -2.55. The highest BCUT2D eigenvalue weighted by Gasteiger charge is 2.35. The molecule has 1 N–H and O–H groups in total. The van der Waals surface area contributed by atoms with Crippen molar-refractivity contribution in [1.29, 1.82) is 0 Å². The zero-order chi connectivity index (χ0) is 27.0. The minimum absolute atomic E-state index is 0.0322. The molecular formula is C25H20Cl2F4N2O3S. The number of hydrogen-bond acceptors (Lipinski definition) is 3. The molecule has 5 nitrogen and oxygen atoms in total. The number of alkyl halides is 3. The van der Waals surface area contributed by atoms with E-state index in [1.165, 1.54) is 10.4 Å². The van der Waals surface area contributed by atoms with Crippen molar-refractivity contribution >= 4 is 44.8 Å². The fourth-order valence-corrected chi connectivity index (χ4v) is 6.21. The molecule has 0 unspecified atom stereocenters. The Morgan fingerprint density at radius 3 is 2.38 bits per heavy atom. The summed E-state index contributed by atoms with van der Waals surface area (Å²) in [6.07, 6.45) is -5.31. The number of fused-ring (bicyclic) bond motifs is 1. The number of hydrogen-bond donors (Lipinski definition) is 1. The molecule has 1 aliphatic rings. The summed E-state index contributed by atoms with van der Waals surface area (Å²) in [6, 6.07) is 12.5. The zero-order valence-electron chi connectivity index (χ0n) is 19.1. The Labute approximate surface area is 221 Å². The van der Waals surface area contributed by atoms with Crippen molar-refractivity contribution < 1.29 is 30.8 Å². The molecule has 0 aromatic heterocycles. The molecule has 37 heavy (non-hydrogen) atoms. The average molecular weight is 575 g/mol. The molecule has 0 bridgehead atoms. The molecule has 0 aliphatic carbocycles. The van der Waals surface area contributed by atoms with Crippen molar-refractivity contribution in [2.75, 3.05) is 11.9 Å². The third kappa shape index (κ3) is 6.09. The minimum Gasteiger partial charge on any atom is -0.324 e. The summed E-state index contributed by atoms with van der Waals surface area (Å²) in [6.45, 7) is 0.148. The molecule has 0 saturated heterocycles. The van der Waals surface area contributed by atoms with Gasteiger partial charge in [0.2, 0.25) is 15.9 Å². The van der Waals surface area contributed by atoms with E-state index in [-0.39, 0.29) is 36.0 Å². The molecule has 0 spiro atoms. The highest BCUT2D eigenvalue weighted by atomic mass is 35.5. The second-order valence-corrected chi connectivity index (χ2v) is 11.3. The van der Waals surface area contributed by atoms with Crippen molar-refractivity contribution in [3.63, 3.8) is 0 Å². The van der Waals surface area contributed by atoms with Crippen LogP contribution < -0.4 is 5.32 Å². The van der Waals surface area contributed by atoms with Gasteiger partial charge in [0.15, 0.2) is 0 Å². The van der Waals surface area contributed by atoms with Crippen LogP contribution in [0.2, 0.25) is 10.0 Å². The van der Waals surface area contributed by atoms with Crippen LogP contribution in [0.1, 0.15) is 27.8 Å². The van der Waals surface area contributed by atoms with Crippen molar-refractivity contribution in [2.45, 2.75) is 31.3 Å².